The van der Waals surface area contributed by atoms with Crippen LogP contribution in [0.1, 0.15) is 167 Å². The molecule has 0 aliphatic rings. The van der Waals surface area contributed by atoms with Crippen molar-refractivity contribution in [3.63, 3.8) is 0 Å². The first kappa shape index (κ1) is 106. The van der Waals surface area contributed by atoms with E-state index in [4.69, 9.17) is 23.7 Å². The highest BCUT2D eigenvalue weighted by molar-refractivity contribution is 9.09. The molecule has 1 unspecified atom stereocenters. The van der Waals surface area contributed by atoms with Crippen LogP contribution >= 0.6 is 66.7 Å². The number of halogens is 5. The minimum atomic E-state index is -0.246. The number of likely N-dealkylation sites (N-methyl/N-ethyl adjacent to an activating group) is 5. The third-order valence-corrected chi connectivity index (χ3v) is 17.7. The maximum atomic E-state index is 12.0. The lowest BCUT2D eigenvalue weighted by Crippen LogP contribution is -2.51. The van der Waals surface area contributed by atoms with Gasteiger partial charge in [0, 0.05) is 19.1 Å². The van der Waals surface area contributed by atoms with E-state index in [2.05, 4.69) is 171 Å². The van der Waals surface area contributed by atoms with Crippen LogP contribution in [0, 0.1) is 0 Å². The monoisotopic (exact) mass is 1620 g/mol. The van der Waals surface area contributed by atoms with Gasteiger partial charge in [0.15, 0.2) is 0 Å². The third-order valence-electron chi connectivity index (χ3n) is 17.7. The highest BCUT2D eigenvalue weighted by Crippen LogP contribution is 2.15. The Balaban J connectivity index is -0.000000373. The van der Waals surface area contributed by atoms with Gasteiger partial charge in [-0.05, 0) is 153 Å². The minimum absolute atomic E-state index is 0.211. The molecule has 0 fully saturated rings. The number of hydrogen-bond donors (Lipinski definition) is 0. The maximum absolute atomic E-state index is 12.0. The molecule has 0 aliphatic carbocycles. The van der Waals surface area contributed by atoms with Gasteiger partial charge in [0.1, 0.15) is 65.8 Å². The fourth-order valence-corrected chi connectivity index (χ4v) is 10.9. The zero-order valence-electron chi connectivity index (χ0n) is 66.7. The number of quaternary nitrogens is 5. The van der Waals surface area contributed by atoms with Gasteiger partial charge in [-0.3, -0.25) is 0 Å². The van der Waals surface area contributed by atoms with Crippen LogP contribution in [0.15, 0.2) is 152 Å². The van der Waals surface area contributed by atoms with Gasteiger partial charge < -0.3 is 46.1 Å². The summed E-state index contributed by atoms with van der Waals surface area (Å²) < 4.78 is 31.6. The topological polar surface area (TPSA) is 132 Å². The van der Waals surface area contributed by atoms with Crippen molar-refractivity contribution in [2.45, 2.75) is 115 Å². The molecular formula is C82H139Br2Cl3N5O10+5. The number of benzene rings is 5. The molecule has 0 aliphatic heterocycles. The Morgan fingerprint density at radius 2 is 0.441 bits per heavy atom. The van der Waals surface area contributed by atoms with Crippen LogP contribution < -0.4 is 0 Å². The van der Waals surface area contributed by atoms with Crippen LogP contribution in [0.3, 0.4) is 0 Å². The Labute approximate surface area is 653 Å². The first-order valence-corrected chi connectivity index (χ1v) is 41.8. The first-order chi connectivity index (χ1) is 49.2. The molecule has 20 heteroatoms. The quantitative estimate of drug-likeness (QED) is 0.0164. The van der Waals surface area contributed by atoms with Crippen LogP contribution in [-0.2, 0) is 23.7 Å². The van der Waals surface area contributed by atoms with E-state index in [0.29, 0.717) is 60.9 Å². The van der Waals surface area contributed by atoms with Gasteiger partial charge in [-0.2, -0.15) is 0 Å². The molecule has 582 valence electrons. The highest BCUT2D eigenvalue weighted by Gasteiger charge is 2.27. The molecule has 0 bridgehead atoms. The fraction of sp³-hybridized carbons (Fsp3) is 0.573. The molecule has 5 aromatic carbocycles. The molecular weight excluding hydrogens is 1480 g/mol. The van der Waals surface area contributed by atoms with Gasteiger partial charge in [-0.15, -0.1) is 34.8 Å². The van der Waals surface area contributed by atoms with Crippen molar-refractivity contribution in [2.75, 3.05) is 196 Å². The smallest absolute Gasteiger partial charge is 0.338 e. The lowest BCUT2D eigenvalue weighted by Gasteiger charge is -2.37. The summed E-state index contributed by atoms with van der Waals surface area (Å²) in [4.78, 5) is 58.9. The van der Waals surface area contributed by atoms with E-state index in [1.165, 1.54) is 64.3 Å². The molecule has 0 spiro atoms. The van der Waals surface area contributed by atoms with Gasteiger partial charge in [-0.1, -0.05) is 157 Å². The molecule has 0 radical (unpaired) electrons. The van der Waals surface area contributed by atoms with Crippen molar-refractivity contribution in [3.8, 4) is 0 Å². The molecule has 0 N–H and O–H groups in total. The van der Waals surface area contributed by atoms with Crippen LogP contribution in [0.2, 0.25) is 0 Å². The number of ether oxygens (including phenoxy) is 5. The Kier molecular flexibility index (Phi) is 71.7. The zero-order chi connectivity index (χ0) is 78.6. The van der Waals surface area contributed by atoms with Gasteiger partial charge in [-0.25, -0.2) is 24.0 Å². The van der Waals surface area contributed by atoms with E-state index >= 15 is 0 Å². The molecule has 0 heterocycles. The Hall–Kier alpha value is -4.92. The van der Waals surface area contributed by atoms with Crippen molar-refractivity contribution >= 4 is 96.5 Å². The SMILES string of the molecule is CBr.CBr.CCCC[N+](CC)(CCC)CCOC(=O)c1ccccc1.CCC[N+](CC)(CCC)CCOC(=O)c1ccccc1.CC[N+](CC)(CC)CCOC(=O)c1ccccc1.CC[N+](CC)(CC)CCOC(=O)c1ccccc1.CCl.CCl.CCl.C[N+](C)(C)CCOC(=O)c1ccccc1. The summed E-state index contributed by atoms with van der Waals surface area (Å²) >= 11 is 19.8. The predicted octanol–water partition coefficient (Wildman–Crippen LogP) is 19.0. The Morgan fingerprint density at radius 1 is 0.265 bits per heavy atom. The average Bonchev–Trinajstić information content (AvgIpc) is 0.891. The van der Waals surface area contributed by atoms with Crippen molar-refractivity contribution in [3.05, 3.63) is 179 Å². The summed E-state index contributed by atoms with van der Waals surface area (Å²) in [5, 5.41) is 0. The fourth-order valence-electron chi connectivity index (χ4n) is 10.9. The van der Waals surface area contributed by atoms with Crippen molar-refractivity contribution in [1.82, 2.24) is 0 Å². The van der Waals surface area contributed by atoms with E-state index < -0.39 is 0 Å². The number of nitrogens with zero attached hydrogens (tertiary/aromatic N) is 5. The summed E-state index contributed by atoms with van der Waals surface area (Å²) in [7, 11) is 6.20. The van der Waals surface area contributed by atoms with Crippen LogP contribution in [0.25, 0.3) is 0 Å². The molecule has 0 saturated heterocycles. The predicted molar refractivity (Wildman–Crippen MR) is 442 cm³/mol. The molecule has 0 saturated carbocycles. The summed E-state index contributed by atoms with van der Waals surface area (Å²) in [6.07, 6.45) is 10.4. The molecule has 0 amide bonds. The number of hydrogen-bond acceptors (Lipinski definition) is 10. The molecule has 0 aromatic heterocycles. The summed E-state index contributed by atoms with van der Waals surface area (Å²) in [5.41, 5.74) is 3.13. The zero-order valence-corrected chi connectivity index (χ0v) is 72.2. The maximum Gasteiger partial charge on any atom is 0.338 e. The lowest BCUT2D eigenvalue weighted by atomic mass is 10.2. The second kappa shape index (κ2) is 69.1. The van der Waals surface area contributed by atoms with Crippen molar-refractivity contribution in [1.29, 1.82) is 0 Å². The average molecular weight is 1620 g/mol. The summed E-state index contributed by atoms with van der Waals surface area (Å²) in [6.45, 7) is 46.7. The third kappa shape index (κ3) is 49.0. The van der Waals surface area contributed by atoms with Crippen molar-refractivity contribution < 1.29 is 70.1 Å². The van der Waals surface area contributed by atoms with Gasteiger partial charge in [0.05, 0.1) is 127 Å². The molecule has 5 rings (SSSR count). The van der Waals surface area contributed by atoms with E-state index in [9.17, 15) is 24.0 Å². The molecule has 1 atom stereocenters. The number of esters is 5. The van der Waals surface area contributed by atoms with Crippen LogP contribution in [0.5, 0.6) is 0 Å². The summed E-state index contributed by atoms with van der Waals surface area (Å²) in [5.74, 6) is 2.50. The van der Waals surface area contributed by atoms with Crippen LogP contribution in [0.4, 0.5) is 0 Å². The van der Waals surface area contributed by atoms with Crippen molar-refractivity contribution in [2.24, 2.45) is 0 Å². The normalized spacial score (nSPS) is 11.0. The number of unbranched alkanes of at least 4 members (excludes halogenated alkanes) is 1. The van der Waals surface area contributed by atoms with Crippen LogP contribution in [-0.4, -0.2) is 249 Å². The number of alkyl halides is 5. The van der Waals surface area contributed by atoms with E-state index in [1.54, 1.807) is 60.7 Å². The lowest BCUT2D eigenvalue weighted by molar-refractivity contribution is -0.926. The largest absolute Gasteiger partial charge is 0.456 e. The second-order valence-corrected chi connectivity index (χ2v) is 24.6. The minimum Gasteiger partial charge on any atom is -0.456 e. The van der Waals surface area contributed by atoms with Gasteiger partial charge >= 0.3 is 29.8 Å². The molecule has 15 nitrogen and oxygen atoms in total. The number of carbonyl (C=O) groups excluding carboxylic acids is 5. The molecule has 102 heavy (non-hydrogen) atoms. The van der Waals surface area contributed by atoms with Gasteiger partial charge in [0.25, 0.3) is 0 Å². The number of carbonyl (C=O) groups is 5. The van der Waals surface area contributed by atoms with E-state index in [1.807, 2.05) is 103 Å². The van der Waals surface area contributed by atoms with Gasteiger partial charge in [0.2, 0.25) is 0 Å². The highest BCUT2D eigenvalue weighted by atomic mass is 79.9. The number of rotatable bonds is 37. The van der Waals surface area contributed by atoms with E-state index in [0.717, 1.165) is 121 Å². The molecule has 5 aromatic rings. The first-order valence-electron chi connectivity index (χ1n) is 36.4. The Morgan fingerprint density at radius 3 is 0.608 bits per heavy atom. The Bertz CT molecular complexity index is 2630. The standard InChI is InChI=1S/C18H30NO2.C17H28NO2.2C15H24NO2.C12H18NO2.2CH3Br.3CH3Cl/c1-4-7-14-19(6-3,13-5-2)15-16-21-18(20)17-11-9-8-10-12-17;1-4-12-18(6-3,13-5-2)14-15-20-17(19)16-10-8-7-9-11-16;2*1-4-16(5-2,6-3)12-13-18-15(17)14-10-8-7-9-11-14;1-13(2,3)9-10-15-12(14)11-7-5-4-6-8-11;5*1-2/h8-12H,4-7,13-16H2,1-3H3;7-11H,4-6,12-15H2,1-3H3;2*7-11H,4-6,12-13H2,1-3H3;4-8H,9-10H2,1-3H3;5*1H3/q5*+1;;;;;. The summed E-state index contributed by atoms with van der Waals surface area (Å²) in [6, 6.07) is 45.8. The second-order valence-electron chi connectivity index (χ2n) is 24.6. The van der Waals surface area contributed by atoms with E-state index in [-0.39, 0.29) is 29.8 Å².